The summed E-state index contributed by atoms with van der Waals surface area (Å²) in [5.74, 6) is 0.778. The van der Waals surface area contributed by atoms with Crippen LogP contribution in [0.5, 0.6) is 23.0 Å². The van der Waals surface area contributed by atoms with Crippen LogP contribution < -0.4 is 4.74 Å². The molecule has 3 N–H and O–H groups in total. The zero-order valence-corrected chi connectivity index (χ0v) is 14.4. The largest absolute Gasteiger partial charge is 0.508 e. The number of aromatic hydroxyl groups is 3. The summed E-state index contributed by atoms with van der Waals surface area (Å²) in [5.41, 5.74) is 1.95. The SMILES string of the molecule is C[C@]1(c2ccc(O)cc2O)C[C@H](c2ccccc2)c2ccc(O)cc2O1. The Bertz CT molecular complexity index is 952. The molecule has 0 aliphatic carbocycles. The molecule has 132 valence electrons. The van der Waals surface area contributed by atoms with E-state index in [9.17, 15) is 15.3 Å². The summed E-state index contributed by atoms with van der Waals surface area (Å²) in [5, 5.41) is 29.9. The Morgan fingerprint density at radius 2 is 1.58 bits per heavy atom. The molecule has 0 spiro atoms. The van der Waals surface area contributed by atoms with Crippen molar-refractivity contribution in [2.75, 3.05) is 0 Å². The van der Waals surface area contributed by atoms with Crippen molar-refractivity contribution in [3.8, 4) is 23.0 Å². The number of phenolic OH excluding ortho intramolecular Hbond substituents is 3. The average molecular weight is 348 g/mol. The van der Waals surface area contributed by atoms with Gasteiger partial charge in [-0.05, 0) is 30.7 Å². The van der Waals surface area contributed by atoms with E-state index in [0.717, 1.165) is 11.1 Å². The van der Waals surface area contributed by atoms with Gasteiger partial charge in [0.05, 0.1) is 0 Å². The number of ether oxygens (including phenoxy) is 1. The Morgan fingerprint density at radius 3 is 2.31 bits per heavy atom. The Morgan fingerprint density at radius 1 is 0.885 bits per heavy atom. The van der Waals surface area contributed by atoms with Crippen LogP contribution in [0.2, 0.25) is 0 Å². The molecule has 4 rings (SSSR count). The van der Waals surface area contributed by atoms with Crippen molar-refractivity contribution >= 4 is 0 Å². The monoisotopic (exact) mass is 348 g/mol. The van der Waals surface area contributed by atoms with Crippen molar-refractivity contribution in [2.24, 2.45) is 0 Å². The molecule has 0 amide bonds. The van der Waals surface area contributed by atoms with E-state index in [1.165, 1.54) is 6.07 Å². The molecule has 2 atom stereocenters. The number of phenols is 3. The van der Waals surface area contributed by atoms with Gasteiger partial charge in [-0.2, -0.15) is 0 Å². The molecule has 0 saturated carbocycles. The van der Waals surface area contributed by atoms with Gasteiger partial charge in [-0.3, -0.25) is 0 Å². The number of fused-ring (bicyclic) bond motifs is 1. The summed E-state index contributed by atoms with van der Waals surface area (Å²) in [4.78, 5) is 0. The van der Waals surface area contributed by atoms with Gasteiger partial charge in [-0.1, -0.05) is 36.4 Å². The first-order valence-electron chi connectivity index (χ1n) is 8.55. The van der Waals surface area contributed by atoms with E-state index < -0.39 is 5.60 Å². The second-order valence-corrected chi connectivity index (χ2v) is 6.92. The van der Waals surface area contributed by atoms with E-state index in [1.54, 1.807) is 24.3 Å². The second-order valence-electron chi connectivity index (χ2n) is 6.92. The molecule has 3 aromatic rings. The number of hydrogen-bond acceptors (Lipinski definition) is 4. The Kier molecular flexibility index (Phi) is 3.76. The minimum atomic E-state index is -0.806. The van der Waals surface area contributed by atoms with Crippen molar-refractivity contribution in [2.45, 2.75) is 24.9 Å². The predicted octanol–water partition coefficient (Wildman–Crippen LogP) is 4.63. The maximum absolute atomic E-state index is 10.4. The molecule has 1 aliphatic heterocycles. The van der Waals surface area contributed by atoms with Crippen LogP contribution in [-0.4, -0.2) is 15.3 Å². The van der Waals surface area contributed by atoms with Gasteiger partial charge in [0, 0.05) is 35.6 Å². The van der Waals surface area contributed by atoms with Gasteiger partial charge in [-0.15, -0.1) is 0 Å². The highest BCUT2D eigenvalue weighted by Gasteiger charge is 2.41. The Hall–Kier alpha value is -3.14. The van der Waals surface area contributed by atoms with Crippen molar-refractivity contribution in [1.82, 2.24) is 0 Å². The minimum Gasteiger partial charge on any atom is -0.508 e. The second kappa shape index (κ2) is 5.99. The third kappa shape index (κ3) is 2.73. The molecular weight excluding hydrogens is 328 g/mol. The van der Waals surface area contributed by atoms with Crippen molar-refractivity contribution in [1.29, 1.82) is 0 Å². The van der Waals surface area contributed by atoms with Gasteiger partial charge in [0.1, 0.15) is 28.6 Å². The van der Waals surface area contributed by atoms with Gasteiger partial charge >= 0.3 is 0 Å². The third-order valence-electron chi connectivity index (χ3n) is 5.05. The smallest absolute Gasteiger partial charge is 0.136 e. The maximum Gasteiger partial charge on any atom is 0.136 e. The molecule has 3 aromatic carbocycles. The van der Waals surface area contributed by atoms with E-state index in [1.807, 2.05) is 31.2 Å². The van der Waals surface area contributed by atoms with Gasteiger partial charge in [0.2, 0.25) is 0 Å². The van der Waals surface area contributed by atoms with Gasteiger partial charge < -0.3 is 20.1 Å². The summed E-state index contributed by atoms with van der Waals surface area (Å²) in [6, 6.07) is 19.8. The molecule has 0 saturated heterocycles. The molecule has 0 fully saturated rings. The van der Waals surface area contributed by atoms with E-state index in [0.29, 0.717) is 17.7 Å². The first-order chi connectivity index (χ1) is 12.5. The van der Waals surface area contributed by atoms with Crippen LogP contribution in [0.15, 0.2) is 66.7 Å². The summed E-state index contributed by atoms with van der Waals surface area (Å²) in [6.45, 7) is 1.92. The van der Waals surface area contributed by atoms with Crippen molar-refractivity contribution < 1.29 is 20.1 Å². The molecule has 0 bridgehead atoms. The molecular formula is C22H20O4. The first kappa shape index (κ1) is 16.3. The van der Waals surface area contributed by atoms with Crippen molar-refractivity contribution in [3.63, 3.8) is 0 Å². The standard InChI is InChI=1S/C22H20O4/c1-22(19-10-8-15(23)11-20(19)25)13-18(14-5-3-2-4-6-14)17-9-7-16(24)12-21(17)26-22/h2-12,18,23-25H,13H2,1H3/t18-,22-/m1/s1. The highest BCUT2D eigenvalue weighted by Crippen LogP contribution is 2.50. The first-order valence-corrected chi connectivity index (χ1v) is 8.55. The maximum atomic E-state index is 10.4. The highest BCUT2D eigenvalue weighted by molar-refractivity contribution is 5.51. The molecule has 1 heterocycles. The third-order valence-corrected chi connectivity index (χ3v) is 5.05. The normalized spacial score (nSPS) is 21.7. The van der Waals surface area contributed by atoms with Gasteiger partial charge in [-0.25, -0.2) is 0 Å². The zero-order chi connectivity index (χ0) is 18.3. The van der Waals surface area contributed by atoms with Gasteiger partial charge in [0.15, 0.2) is 0 Å². The molecule has 4 heteroatoms. The lowest BCUT2D eigenvalue weighted by atomic mass is 9.76. The molecule has 1 aliphatic rings. The summed E-state index contributed by atoms with van der Waals surface area (Å²) in [6.07, 6.45) is 0.618. The van der Waals surface area contributed by atoms with E-state index in [4.69, 9.17) is 4.74 Å². The van der Waals surface area contributed by atoms with Crippen LogP contribution in [-0.2, 0) is 5.60 Å². The summed E-state index contributed by atoms with van der Waals surface area (Å²) >= 11 is 0. The van der Waals surface area contributed by atoms with Crippen molar-refractivity contribution in [3.05, 3.63) is 83.4 Å². The molecule has 0 aromatic heterocycles. The van der Waals surface area contributed by atoms with E-state index >= 15 is 0 Å². The van der Waals surface area contributed by atoms with Crippen LogP contribution in [0, 0.1) is 0 Å². The zero-order valence-electron chi connectivity index (χ0n) is 14.4. The number of rotatable bonds is 2. The summed E-state index contributed by atoms with van der Waals surface area (Å²) in [7, 11) is 0. The number of hydrogen-bond donors (Lipinski definition) is 3. The summed E-state index contributed by atoms with van der Waals surface area (Å²) < 4.78 is 6.26. The van der Waals surface area contributed by atoms with Crippen LogP contribution in [0.1, 0.15) is 36.0 Å². The van der Waals surface area contributed by atoms with E-state index in [-0.39, 0.29) is 23.2 Å². The molecule has 4 nitrogen and oxygen atoms in total. The fourth-order valence-electron chi connectivity index (χ4n) is 3.80. The fraction of sp³-hybridized carbons (Fsp3) is 0.182. The predicted molar refractivity (Wildman–Crippen MR) is 98.8 cm³/mol. The van der Waals surface area contributed by atoms with Crippen LogP contribution >= 0.6 is 0 Å². The lowest BCUT2D eigenvalue weighted by Gasteiger charge is -2.41. The quantitative estimate of drug-likeness (QED) is 0.631. The number of benzene rings is 3. The van der Waals surface area contributed by atoms with Crippen LogP contribution in [0.25, 0.3) is 0 Å². The molecule has 0 radical (unpaired) electrons. The molecule has 0 unspecified atom stereocenters. The molecule has 26 heavy (non-hydrogen) atoms. The van der Waals surface area contributed by atoms with Crippen LogP contribution in [0.4, 0.5) is 0 Å². The average Bonchev–Trinajstić information content (AvgIpc) is 2.61. The minimum absolute atomic E-state index is 0.00307. The topological polar surface area (TPSA) is 69.9 Å². The lowest BCUT2D eigenvalue weighted by molar-refractivity contribution is 0.0528. The highest BCUT2D eigenvalue weighted by atomic mass is 16.5. The Balaban J connectivity index is 1.86. The Labute approximate surface area is 151 Å². The fourth-order valence-corrected chi connectivity index (χ4v) is 3.80. The van der Waals surface area contributed by atoms with Crippen LogP contribution in [0.3, 0.4) is 0 Å². The van der Waals surface area contributed by atoms with Gasteiger partial charge in [0.25, 0.3) is 0 Å². The van der Waals surface area contributed by atoms with E-state index in [2.05, 4.69) is 12.1 Å². The lowest BCUT2D eigenvalue weighted by Crippen LogP contribution is -2.36.